The molecule has 2 rings (SSSR count). The van der Waals surface area contributed by atoms with Crippen molar-refractivity contribution < 1.29 is 9.42 Å². The largest absolute Gasteiger partial charge is 0.306 e. The SMILES string of the molecule is CCC(=O)Nc1nonc1-c1n[nH]c(=S)n1CC. The van der Waals surface area contributed by atoms with Crippen molar-refractivity contribution in [1.82, 2.24) is 25.1 Å². The van der Waals surface area contributed by atoms with Crippen LogP contribution in [0.15, 0.2) is 4.63 Å². The highest BCUT2D eigenvalue weighted by Gasteiger charge is 2.19. The fraction of sp³-hybridized carbons (Fsp3) is 0.444. The minimum Gasteiger partial charge on any atom is -0.306 e. The molecule has 0 saturated carbocycles. The van der Waals surface area contributed by atoms with Gasteiger partial charge >= 0.3 is 0 Å². The van der Waals surface area contributed by atoms with Crippen molar-refractivity contribution in [2.45, 2.75) is 26.8 Å². The first-order valence-corrected chi connectivity index (χ1v) is 5.86. The highest BCUT2D eigenvalue weighted by molar-refractivity contribution is 7.71. The van der Waals surface area contributed by atoms with Crippen LogP contribution in [0.1, 0.15) is 20.3 Å². The summed E-state index contributed by atoms with van der Waals surface area (Å²) in [6.45, 7) is 4.29. The van der Waals surface area contributed by atoms with Crippen LogP contribution in [0.25, 0.3) is 11.5 Å². The van der Waals surface area contributed by atoms with E-state index in [1.807, 2.05) is 6.92 Å². The van der Waals surface area contributed by atoms with Gasteiger partial charge in [-0.05, 0) is 29.5 Å². The van der Waals surface area contributed by atoms with Gasteiger partial charge in [-0.2, -0.15) is 5.10 Å². The molecule has 0 aliphatic carbocycles. The van der Waals surface area contributed by atoms with E-state index in [2.05, 4.69) is 30.5 Å². The molecule has 8 nitrogen and oxygen atoms in total. The molecule has 2 aromatic rings. The zero-order valence-electron chi connectivity index (χ0n) is 9.93. The first kappa shape index (κ1) is 12.4. The van der Waals surface area contributed by atoms with Crippen LogP contribution in [-0.4, -0.2) is 31.0 Å². The summed E-state index contributed by atoms with van der Waals surface area (Å²) in [4.78, 5) is 11.3. The Morgan fingerprint density at radius 3 is 2.94 bits per heavy atom. The Kier molecular flexibility index (Phi) is 3.51. The molecule has 0 radical (unpaired) electrons. The van der Waals surface area contributed by atoms with Crippen LogP contribution in [0.2, 0.25) is 0 Å². The van der Waals surface area contributed by atoms with Crippen LogP contribution in [0, 0.1) is 4.77 Å². The van der Waals surface area contributed by atoms with Crippen LogP contribution in [0.4, 0.5) is 5.82 Å². The maximum atomic E-state index is 11.3. The minimum atomic E-state index is -0.177. The summed E-state index contributed by atoms with van der Waals surface area (Å²) in [5, 5.41) is 16.7. The number of nitrogens with one attached hydrogen (secondary N) is 2. The average molecular weight is 268 g/mol. The summed E-state index contributed by atoms with van der Waals surface area (Å²) in [6.07, 6.45) is 0.340. The van der Waals surface area contributed by atoms with Crippen molar-refractivity contribution in [1.29, 1.82) is 0 Å². The Morgan fingerprint density at radius 1 is 1.50 bits per heavy atom. The number of rotatable bonds is 4. The van der Waals surface area contributed by atoms with Crippen LogP contribution in [0.5, 0.6) is 0 Å². The van der Waals surface area contributed by atoms with Crippen molar-refractivity contribution in [3.63, 3.8) is 0 Å². The van der Waals surface area contributed by atoms with E-state index in [-0.39, 0.29) is 11.7 Å². The van der Waals surface area contributed by atoms with Crippen molar-refractivity contribution in [3.05, 3.63) is 4.77 Å². The van der Waals surface area contributed by atoms with Gasteiger partial charge in [-0.3, -0.25) is 14.5 Å². The fourth-order valence-corrected chi connectivity index (χ4v) is 1.69. The van der Waals surface area contributed by atoms with Gasteiger partial charge in [-0.1, -0.05) is 6.92 Å². The van der Waals surface area contributed by atoms with E-state index in [9.17, 15) is 4.79 Å². The molecular weight excluding hydrogens is 256 g/mol. The van der Waals surface area contributed by atoms with E-state index in [0.717, 1.165) is 0 Å². The molecular formula is C9H12N6O2S. The number of carbonyl (C=O) groups is 1. The van der Waals surface area contributed by atoms with Gasteiger partial charge in [0.2, 0.25) is 11.7 Å². The lowest BCUT2D eigenvalue weighted by Gasteiger charge is -2.02. The molecule has 2 N–H and O–H groups in total. The lowest BCUT2D eigenvalue weighted by Crippen LogP contribution is -2.11. The van der Waals surface area contributed by atoms with Crippen LogP contribution in [-0.2, 0) is 11.3 Å². The minimum absolute atomic E-state index is 0.177. The molecule has 0 bridgehead atoms. The molecule has 0 aliphatic heterocycles. The lowest BCUT2D eigenvalue weighted by molar-refractivity contribution is -0.115. The Balaban J connectivity index is 2.42. The Morgan fingerprint density at radius 2 is 2.28 bits per heavy atom. The monoisotopic (exact) mass is 268 g/mol. The smallest absolute Gasteiger partial charge is 0.225 e. The van der Waals surface area contributed by atoms with Gasteiger partial charge in [0.15, 0.2) is 16.3 Å². The molecule has 0 fully saturated rings. The topological polar surface area (TPSA) is 102 Å². The second-order valence-electron chi connectivity index (χ2n) is 3.46. The summed E-state index contributed by atoms with van der Waals surface area (Å²) in [6, 6.07) is 0. The van der Waals surface area contributed by atoms with E-state index in [0.29, 0.717) is 29.3 Å². The Bertz CT molecular complexity index is 613. The zero-order valence-corrected chi connectivity index (χ0v) is 10.7. The molecule has 1 amide bonds. The number of H-pyrrole nitrogens is 1. The number of hydrogen-bond acceptors (Lipinski definition) is 6. The molecule has 0 aliphatic rings. The van der Waals surface area contributed by atoms with Gasteiger partial charge in [0, 0.05) is 13.0 Å². The first-order valence-electron chi connectivity index (χ1n) is 5.45. The predicted octanol–water partition coefficient (Wildman–Crippen LogP) is 1.36. The van der Waals surface area contributed by atoms with Crippen LogP contribution < -0.4 is 5.32 Å². The zero-order chi connectivity index (χ0) is 13.1. The summed E-state index contributed by atoms with van der Waals surface area (Å²) >= 11 is 5.08. The quantitative estimate of drug-likeness (QED) is 0.812. The van der Waals surface area contributed by atoms with Crippen molar-refractivity contribution in [2.75, 3.05) is 5.32 Å². The molecule has 0 atom stereocenters. The Labute approximate surface area is 107 Å². The molecule has 2 heterocycles. The van der Waals surface area contributed by atoms with E-state index >= 15 is 0 Å². The third-order valence-electron chi connectivity index (χ3n) is 2.35. The Hall–Kier alpha value is -2.03. The fourth-order valence-electron chi connectivity index (χ4n) is 1.43. The van der Waals surface area contributed by atoms with E-state index < -0.39 is 0 Å². The number of carbonyl (C=O) groups excluding carboxylic acids is 1. The molecule has 9 heteroatoms. The molecule has 0 unspecified atom stereocenters. The molecule has 0 spiro atoms. The van der Waals surface area contributed by atoms with Crippen LogP contribution >= 0.6 is 12.2 Å². The number of aromatic nitrogens is 5. The first-order chi connectivity index (χ1) is 8.67. The standard InChI is InChI=1S/C9H12N6O2S/c1-3-5(16)10-7-6(13-17-14-7)8-11-12-9(18)15(8)4-2/h3-4H2,1-2H3,(H,12,18)(H,10,14,16). The number of aromatic amines is 1. The molecule has 2 aromatic heterocycles. The van der Waals surface area contributed by atoms with Crippen molar-refractivity contribution in [3.8, 4) is 11.5 Å². The average Bonchev–Trinajstić information content (AvgIpc) is 2.95. The third-order valence-corrected chi connectivity index (χ3v) is 2.67. The molecule has 96 valence electrons. The molecule has 0 aromatic carbocycles. The number of amides is 1. The van der Waals surface area contributed by atoms with E-state index in [1.54, 1.807) is 11.5 Å². The summed E-state index contributed by atoms with van der Waals surface area (Å²) < 4.78 is 6.85. The van der Waals surface area contributed by atoms with Gasteiger partial charge in [-0.25, -0.2) is 4.63 Å². The highest BCUT2D eigenvalue weighted by Crippen LogP contribution is 2.22. The van der Waals surface area contributed by atoms with Crippen molar-refractivity contribution >= 4 is 23.9 Å². The summed E-state index contributed by atoms with van der Waals surface area (Å²) in [7, 11) is 0. The second kappa shape index (κ2) is 5.08. The van der Waals surface area contributed by atoms with Gasteiger partial charge in [-0.15, -0.1) is 0 Å². The lowest BCUT2D eigenvalue weighted by atomic mass is 10.3. The van der Waals surface area contributed by atoms with Crippen molar-refractivity contribution in [2.24, 2.45) is 0 Å². The predicted molar refractivity (Wildman–Crippen MR) is 65.3 cm³/mol. The summed E-state index contributed by atoms with van der Waals surface area (Å²) in [5.41, 5.74) is 0.353. The van der Waals surface area contributed by atoms with Gasteiger partial charge in [0.1, 0.15) is 0 Å². The maximum absolute atomic E-state index is 11.3. The number of anilines is 1. The van der Waals surface area contributed by atoms with E-state index in [1.165, 1.54) is 0 Å². The molecule has 0 saturated heterocycles. The second-order valence-corrected chi connectivity index (χ2v) is 3.85. The highest BCUT2D eigenvalue weighted by atomic mass is 32.1. The van der Waals surface area contributed by atoms with Gasteiger partial charge in [0.25, 0.3) is 0 Å². The van der Waals surface area contributed by atoms with E-state index in [4.69, 9.17) is 12.2 Å². The normalized spacial score (nSPS) is 10.6. The van der Waals surface area contributed by atoms with Crippen LogP contribution in [0.3, 0.4) is 0 Å². The maximum Gasteiger partial charge on any atom is 0.225 e. The third kappa shape index (κ3) is 2.16. The van der Waals surface area contributed by atoms with Gasteiger partial charge < -0.3 is 5.32 Å². The molecule has 18 heavy (non-hydrogen) atoms. The van der Waals surface area contributed by atoms with Gasteiger partial charge in [0.05, 0.1) is 0 Å². The number of nitrogens with zero attached hydrogens (tertiary/aromatic N) is 4. The number of hydrogen-bond donors (Lipinski definition) is 2. The summed E-state index contributed by atoms with van der Waals surface area (Å²) in [5.74, 6) is 0.546.